The fourth-order valence-corrected chi connectivity index (χ4v) is 2.74. The summed E-state index contributed by atoms with van der Waals surface area (Å²) in [5.74, 6) is 1.84. The number of aromatic nitrogens is 3. The van der Waals surface area contributed by atoms with Gasteiger partial charge in [0.2, 0.25) is 5.95 Å². The highest BCUT2D eigenvalue weighted by Gasteiger charge is 2.21. The van der Waals surface area contributed by atoms with Crippen LogP contribution < -0.4 is 10.6 Å². The van der Waals surface area contributed by atoms with Crippen molar-refractivity contribution in [2.24, 2.45) is 11.7 Å². The number of benzene rings is 1. The first-order chi connectivity index (χ1) is 10.2. The number of nitrogens with two attached hydrogens (primary N) is 1. The molecule has 5 nitrogen and oxygen atoms in total. The van der Waals surface area contributed by atoms with Crippen LogP contribution in [0.4, 0.5) is 10.3 Å². The first-order valence-electron chi connectivity index (χ1n) is 7.35. The molecule has 1 fully saturated rings. The summed E-state index contributed by atoms with van der Waals surface area (Å²) >= 11 is 0. The Morgan fingerprint density at radius 3 is 2.90 bits per heavy atom. The molecule has 6 heteroatoms. The highest BCUT2D eigenvalue weighted by atomic mass is 19.1. The zero-order valence-corrected chi connectivity index (χ0v) is 11.9. The molecule has 0 amide bonds. The van der Waals surface area contributed by atoms with Crippen LogP contribution in [0.5, 0.6) is 0 Å². The van der Waals surface area contributed by atoms with E-state index in [2.05, 4.69) is 20.1 Å². The number of halogens is 1. The van der Waals surface area contributed by atoms with Crippen LogP contribution in [-0.4, -0.2) is 34.8 Å². The van der Waals surface area contributed by atoms with E-state index >= 15 is 0 Å². The molecule has 2 heterocycles. The lowest BCUT2D eigenvalue weighted by molar-refractivity contribution is 0.420. The van der Waals surface area contributed by atoms with Crippen molar-refractivity contribution in [3.63, 3.8) is 0 Å². The molecule has 0 saturated carbocycles. The number of anilines is 1. The van der Waals surface area contributed by atoms with Gasteiger partial charge in [-0.2, -0.15) is 4.98 Å². The molecule has 1 aromatic carbocycles. The molecule has 1 aliphatic rings. The lowest BCUT2D eigenvalue weighted by Gasteiger charge is -2.31. The van der Waals surface area contributed by atoms with Gasteiger partial charge in [0.15, 0.2) is 0 Å². The van der Waals surface area contributed by atoms with Crippen LogP contribution in [0.2, 0.25) is 0 Å². The van der Waals surface area contributed by atoms with Crippen LogP contribution in [0.15, 0.2) is 24.3 Å². The number of piperidine rings is 1. The Balaban J connectivity index is 1.67. The van der Waals surface area contributed by atoms with Gasteiger partial charge in [0.05, 0.1) is 0 Å². The summed E-state index contributed by atoms with van der Waals surface area (Å²) in [7, 11) is 0. The second kappa shape index (κ2) is 6.22. The van der Waals surface area contributed by atoms with Crippen molar-refractivity contribution in [1.82, 2.24) is 15.2 Å². The summed E-state index contributed by atoms with van der Waals surface area (Å²) in [5.41, 5.74) is 6.77. The summed E-state index contributed by atoms with van der Waals surface area (Å²) in [6.45, 7) is 2.61. The van der Waals surface area contributed by atoms with Crippen molar-refractivity contribution in [2.75, 3.05) is 24.5 Å². The van der Waals surface area contributed by atoms with E-state index in [9.17, 15) is 4.39 Å². The zero-order chi connectivity index (χ0) is 14.7. The van der Waals surface area contributed by atoms with Gasteiger partial charge in [-0.1, -0.05) is 12.1 Å². The second-order valence-corrected chi connectivity index (χ2v) is 5.58. The van der Waals surface area contributed by atoms with Gasteiger partial charge >= 0.3 is 0 Å². The van der Waals surface area contributed by atoms with E-state index in [0.29, 0.717) is 18.9 Å². The molecular formula is C15H20FN5. The quantitative estimate of drug-likeness (QED) is 0.899. The minimum Gasteiger partial charge on any atom is -0.339 e. The fourth-order valence-electron chi connectivity index (χ4n) is 2.74. The Bertz CT molecular complexity index is 580. The van der Waals surface area contributed by atoms with Crippen molar-refractivity contribution >= 4 is 5.95 Å². The average Bonchev–Trinajstić information content (AvgIpc) is 2.98. The van der Waals surface area contributed by atoms with Crippen molar-refractivity contribution in [3.05, 3.63) is 41.5 Å². The van der Waals surface area contributed by atoms with E-state index in [-0.39, 0.29) is 5.82 Å². The molecule has 0 radical (unpaired) electrons. The topological polar surface area (TPSA) is 70.8 Å². The SMILES string of the molecule is NCC1CCCN(c2n[nH]c(Cc3ccc(F)cc3)n2)C1. The minimum absolute atomic E-state index is 0.224. The summed E-state index contributed by atoms with van der Waals surface area (Å²) < 4.78 is 12.9. The summed E-state index contributed by atoms with van der Waals surface area (Å²) in [6, 6.07) is 6.46. The Morgan fingerprint density at radius 2 is 2.14 bits per heavy atom. The molecule has 1 unspecified atom stereocenters. The van der Waals surface area contributed by atoms with Crippen LogP contribution >= 0.6 is 0 Å². The molecule has 0 bridgehead atoms. The van der Waals surface area contributed by atoms with Gasteiger partial charge in [-0.3, -0.25) is 5.10 Å². The molecule has 21 heavy (non-hydrogen) atoms. The van der Waals surface area contributed by atoms with Gasteiger partial charge in [0.1, 0.15) is 11.6 Å². The molecule has 0 spiro atoms. The lowest BCUT2D eigenvalue weighted by Crippen LogP contribution is -2.39. The summed E-state index contributed by atoms with van der Waals surface area (Å²) in [4.78, 5) is 6.73. The minimum atomic E-state index is -0.224. The number of H-pyrrole nitrogens is 1. The molecule has 3 rings (SSSR count). The smallest absolute Gasteiger partial charge is 0.244 e. The van der Waals surface area contributed by atoms with E-state index in [4.69, 9.17) is 5.73 Å². The fraction of sp³-hybridized carbons (Fsp3) is 0.467. The third-order valence-corrected chi connectivity index (χ3v) is 3.94. The van der Waals surface area contributed by atoms with Gasteiger partial charge in [-0.05, 0) is 43.0 Å². The number of hydrogen-bond donors (Lipinski definition) is 2. The molecule has 1 aliphatic heterocycles. The summed E-state index contributed by atoms with van der Waals surface area (Å²) in [6.07, 6.45) is 2.94. The van der Waals surface area contributed by atoms with E-state index in [1.54, 1.807) is 12.1 Å². The molecule has 0 aliphatic carbocycles. The van der Waals surface area contributed by atoms with Gasteiger partial charge in [-0.15, -0.1) is 5.10 Å². The number of rotatable bonds is 4. The molecule has 3 N–H and O–H groups in total. The molecule has 112 valence electrons. The maximum atomic E-state index is 12.9. The zero-order valence-electron chi connectivity index (χ0n) is 11.9. The first kappa shape index (κ1) is 14.0. The Morgan fingerprint density at radius 1 is 1.33 bits per heavy atom. The Labute approximate surface area is 123 Å². The lowest BCUT2D eigenvalue weighted by atomic mass is 9.99. The third-order valence-electron chi connectivity index (χ3n) is 3.94. The van der Waals surface area contributed by atoms with Crippen LogP contribution in [0.1, 0.15) is 24.2 Å². The van der Waals surface area contributed by atoms with Crippen molar-refractivity contribution in [3.8, 4) is 0 Å². The van der Waals surface area contributed by atoms with Crippen LogP contribution in [0.25, 0.3) is 0 Å². The van der Waals surface area contributed by atoms with Gasteiger partial charge in [0.25, 0.3) is 0 Å². The average molecular weight is 289 g/mol. The van der Waals surface area contributed by atoms with E-state index in [1.807, 2.05) is 0 Å². The van der Waals surface area contributed by atoms with Crippen LogP contribution in [-0.2, 0) is 6.42 Å². The van der Waals surface area contributed by atoms with E-state index in [1.165, 1.54) is 18.6 Å². The maximum Gasteiger partial charge on any atom is 0.244 e. The molecule has 1 aromatic heterocycles. The van der Waals surface area contributed by atoms with Gasteiger partial charge in [0, 0.05) is 19.5 Å². The predicted octanol–water partition coefficient (Wildman–Crippen LogP) is 1.71. The number of nitrogens with zero attached hydrogens (tertiary/aromatic N) is 3. The van der Waals surface area contributed by atoms with Crippen molar-refractivity contribution in [2.45, 2.75) is 19.3 Å². The van der Waals surface area contributed by atoms with E-state index < -0.39 is 0 Å². The highest BCUT2D eigenvalue weighted by molar-refractivity contribution is 5.31. The number of hydrogen-bond acceptors (Lipinski definition) is 4. The van der Waals surface area contributed by atoms with Crippen molar-refractivity contribution < 1.29 is 4.39 Å². The predicted molar refractivity (Wildman–Crippen MR) is 79.6 cm³/mol. The van der Waals surface area contributed by atoms with Gasteiger partial charge in [-0.25, -0.2) is 4.39 Å². The molecule has 1 atom stereocenters. The molecule has 2 aromatic rings. The van der Waals surface area contributed by atoms with Gasteiger partial charge < -0.3 is 10.6 Å². The van der Waals surface area contributed by atoms with E-state index in [0.717, 1.165) is 36.8 Å². The Kier molecular flexibility index (Phi) is 4.15. The summed E-state index contributed by atoms with van der Waals surface area (Å²) in [5, 5.41) is 7.27. The molecule has 1 saturated heterocycles. The normalized spacial score (nSPS) is 19.0. The first-order valence-corrected chi connectivity index (χ1v) is 7.35. The van der Waals surface area contributed by atoms with Crippen LogP contribution in [0, 0.1) is 11.7 Å². The monoisotopic (exact) mass is 289 g/mol. The standard InChI is InChI=1S/C15H20FN5/c16-13-5-3-11(4-6-13)8-14-18-15(20-19-14)21-7-1-2-12(9-17)10-21/h3-6,12H,1-2,7-10,17H2,(H,18,19,20). The second-order valence-electron chi connectivity index (χ2n) is 5.58. The third kappa shape index (κ3) is 3.39. The highest BCUT2D eigenvalue weighted by Crippen LogP contribution is 2.20. The number of nitrogens with one attached hydrogen (secondary N) is 1. The largest absolute Gasteiger partial charge is 0.339 e. The van der Waals surface area contributed by atoms with Crippen molar-refractivity contribution in [1.29, 1.82) is 0 Å². The van der Waals surface area contributed by atoms with Crippen LogP contribution in [0.3, 0.4) is 0 Å². The molecular weight excluding hydrogens is 269 g/mol. The Hall–Kier alpha value is -1.95. The number of aromatic amines is 1. The maximum absolute atomic E-state index is 12.9.